The topological polar surface area (TPSA) is 63.0 Å². The van der Waals surface area contributed by atoms with E-state index in [0.717, 1.165) is 11.0 Å². The number of nitriles is 1. The van der Waals surface area contributed by atoms with Crippen LogP contribution < -0.4 is 5.73 Å². The zero-order valence-electron chi connectivity index (χ0n) is 8.32. The molecule has 0 aliphatic carbocycles. The quantitative estimate of drug-likeness (QED) is 0.716. The first-order valence-corrected chi connectivity index (χ1v) is 4.58. The van der Waals surface area contributed by atoms with Gasteiger partial charge in [0.05, 0.1) is 17.3 Å². The normalized spacial score (nSPS) is 12.3. The number of nitrogens with two attached hydrogens (primary N) is 1. The molecule has 1 heterocycles. The molecule has 0 aliphatic heterocycles. The maximum Gasteiger partial charge on any atom is 0.152 e. The Morgan fingerprint density at radius 1 is 1.40 bits per heavy atom. The molecule has 0 amide bonds. The van der Waals surface area contributed by atoms with Gasteiger partial charge in [0, 0.05) is 5.39 Å². The van der Waals surface area contributed by atoms with Crippen LogP contribution in [-0.2, 0) is 0 Å². The highest BCUT2D eigenvalue weighted by Crippen LogP contribution is 2.23. The monoisotopic (exact) mass is 198 g/mol. The van der Waals surface area contributed by atoms with Gasteiger partial charge in [-0.1, -0.05) is 18.2 Å². The molecule has 3 nitrogen and oxygen atoms in total. The summed E-state index contributed by atoms with van der Waals surface area (Å²) in [5.74, 6) is 0.551. The fourth-order valence-corrected chi connectivity index (χ4v) is 1.36. The summed E-state index contributed by atoms with van der Waals surface area (Å²) in [5, 5.41) is 9.70. The number of furan rings is 1. The van der Waals surface area contributed by atoms with Crippen molar-refractivity contribution in [2.24, 2.45) is 5.73 Å². The van der Waals surface area contributed by atoms with Gasteiger partial charge in [0.15, 0.2) is 5.76 Å². The van der Waals surface area contributed by atoms with Crippen LogP contribution in [0.4, 0.5) is 0 Å². The van der Waals surface area contributed by atoms with Crippen molar-refractivity contribution in [3.8, 4) is 6.07 Å². The summed E-state index contributed by atoms with van der Waals surface area (Å²) < 4.78 is 5.52. The molecule has 0 saturated heterocycles. The van der Waals surface area contributed by atoms with Gasteiger partial charge in [-0.3, -0.25) is 0 Å². The number of allylic oxidation sites excluding steroid dienone is 1. The van der Waals surface area contributed by atoms with Crippen LogP contribution >= 0.6 is 0 Å². The van der Waals surface area contributed by atoms with Crippen LogP contribution in [0, 0.1) is 11.3 Å². The van der Waals surface area contributed by atoms with Crippen molar-refractivity contribution in [1.29, 1.82) is 5.26 Å². The molecule has 0 aliphatic rings. The van der Waals surface area contributed by atoms with E-state index in [1.807, 2.05) is 36.4 Å². The molecule has 2 aromatic rings. The molecule has 0 fully saturated rings. The number of rotatable bonds is 1. The minimum absolute atomic E-state index is 0.397. The number of hydrogen-bond acceptors (Lipinski definition) is 3. The molecule has 2 N–H and O–H groups in total. The second-order valence-corrected chi connectivity index (χ2v) is 3.30. The van der Waals surface area contributed by atoms with Crippen LogP contribution in [0.1, 0.15) is 12.7 Å². The molecule has 0 atom stereocenters. The summed E-state index contributed by atoms with van der Waals surface area (Å²) in [6, 6.07) is 11.5. The van der Waals surface area contributed by atoms with Gasteiger partial charge in [-0.25, -0.2) is 0 Å². The van der Waals surface area contributed by atoms with Crippen molar-refractivity contribution in [3.63, 3.8) is 0 Å². The molecule has 0 saturated carbocycles. The van der Waals surface area contributed by atoms with Crippen LogP contribution in [0.2, 0.25) is 0 Å². The molecule has 2 rings (SSSR count). The Hall–Kier alpha value is -2.21. The van der Waals surface area contributed by atoms with Gasteiger partial charge in [-0.2, -0.15) is 5.26 Å². The van der Waals surface area contributed by atoms with E-state index in [0.29, 0.717) is 17.0 Å². The predicted molar refractivity (Wildman–Crippen MR) is 58.6 cm³/mol. The molecule has 15 heavy (non-hydrogen) atoms. The fourth-order valence-electron chi connectivity index (χ4n) is 1.36. The average molecular weight is 198 g/mol. The first-order valence-electron chi connectivity index (χ1n) is 4.58. The van der Waals surface area contributed by atoms with E-state index in [9.17, 15) is 0 Å². The van der Waals surface area contributed by atoms with Gasteiger partial charge in [-0.05, 0) is 19.1 Å². The fraction of sp³-hybridized carbons (Fsp3) is 0.0833. The highest BCUT2D eigenvalue weighted by atomic mass is 16.3. The third kappa shape index (κ3) is 1.57. The predicted octanol–water partition coefficient (Wildman–Crippen LogP) is 2.65. The van der Waals surface area contributed by atoms with Crippen molar-refractivity contribution < 1.29 is 4.42 Å². The standard InChI is InChI=1S/C12H10N2O/c1-8(7-13)12(14)11-6-9-4-2-3-5-10(9)15-11/h2-6H,14H2,1H3/b12-8-. The smallest absolute Gasteiger partial charge is 0.152 e. The van der Waals surface area contributed by atoms with E-state index in [4.69, 9.17) is 15.4 Å². The Morgan fingerprint density at radius 3 is 2.80 bits per heavy atom. The van der Waals surface area contributed by atoms with Crippen LogP contribution in [0.3, 0.4) is 0 Å². The second-order valence-electron chi connectivity index (χ2n) is 3.30. The van der Waals surface area contributed by atoms with Crippen molar-refractivity contribution >= 4 is 16.7 Å². The summed E-state index contributed by atoms with van der Waals surface area (Å²) in [6.07, 6.45) is 0. The van der Waals surface area contributed by atoms with E-state index < -0.39 is 0 Å². The van der Waals surface area contributed by atoms with Crippen molar-refractivity contribution in [2.45, 2.75) is 6.92 Å². The van der Waals surface area contributed by atoms with Crippen molar-refractivity contribution in [3.05, 3.63) is 41.7 Å². The van der Waals surface area contributed by atoms with E-state index in [2.05, 4.69) is 0 Å². The van der Waals surface area contributed by atoms with E-state index in [1.165, 1.54) is 0 Å². The lowest BCUT2D eigenvalue weighted by Crippen LogP contribution is -1.97. The van der Waals surface area contributed by atoms with Crippen molar-refractivity contribution in [2.75, 3.05) is 0 Å². The summed E-state index contributed by atoms with van der Waals surface area (Å²) in [5.41, 5.74) is 7.42. The van der Waals surface area contributed by atoms with Gasteiger partial charge in [0.25, 0.3) is 0 Å². The Labute approximate surface area is 87.4 Å². The minimum atomic E-state index is 0.397. The van der Waals surface area contributed by atoms with Crippen molar-refractivity contribution in [1.82, 2.24) is 0 Å². The molecule has 0 unspecified atom stereocenters. The molecule has 74 valence electrons. The Bertz CT molecular complexity index is 540. The molecular formula is C12H10N2O. The van der Waals surface area contributed by atoms with Gasteiger partial charge in [-0.15, -0.1) is 0 Å². The Balaban J connectivity index is 2.60. The molecular weight excluding hydrogens is 188 g/mol. The van der Waals surface area contributed by atoms with Gasteiger partial charge in [0.2, 0.25) is 0 Å². The minimum Gasteiger partial charge on any atom is -0.455 e. The maximum atomic E-state index is 8.71. The lowest BCUT2D eigenvalue weighted by molar-refractivity contribution is 0.598. The Morgan fingerprint density at radius 2 is 2.13 bits per heavy atom. The molecule has 1 aromatic carbocycles. The number of benzene rings is 1. The van der Waals surface area contributed by atoms with E-state index in [-0.39, 0.29) is 0 Å². The number of fused-ring (bicyclic) bond motifs is 1. The van der Waals surface area contributed by atoms with E-state index >= 15 is 0 Å². The summed E-state index contributed by atoms with van der Waals surface area (Å²) in [4.78, 5) is 0. The molecule has 0 bridgehead atoms. The SMILES string of the molecule is C/C(C#N)=C(/N)c1cc2ccccc2o1. The number of hydrogen-bond donors (Lipinski definition) is 1. The summed E-state index contributed by atoms with van der Waals surface area (Å²) >= 11 is 0. The molecule has 1 aromatic heterocycles. The number of nitrogens with zero attached hydrogens (tertiary/aromatic N) is 1. The van der Waals surface area contributed by atoms with E-state index in [1.54, 1.807) is 6.92 Å². The van der Waals surface area contributed by atoms with Gasteiger partial charge < -0.3 is 10.2 Å². The lowest BCUT2D eigenvalue weighted by Gasteiger charge is -1.95. The van der Waals surface area contributed by atoms with Crippen LogP contribution in [0.5, 0.6) is 0 Å². The average Bonchev–Trinajstić information content (AvgIpc) is 2.70. The largest absolute Gasteiger partial charge is 0.455 e. The molecule has 3 heteroatoms. The third-order valence-corrected chi connectivity index (χ3v) is 2.26. The third-order valence-electron chi connectivity index (χ3n) is 2.26. The Kier molecular flexibility index (Phi) is 2.18. The van der Waals surface area contributed by atoms with Gasteiger partial charge in [0.1, 0.15) is 5.58 Å². The first-order chi connectivity index (χ1) is 7.22. The molecule has 0 spiro atoms. The van der Waals surface area contributed by atoms with Gasteiger partial charge >= 0.3 is 0 Å². The zero-order valence-corrected chi connectivity index (χ0v) is 8.32. The second kappa shape index (κ2) is 3.50. The van der Waals surface area contributed by atoms with Crippen LogP contribution in [-0.4, -0.2) is 0 Å². The lowest BCUT2D eigenvalue weighted by atomic mass is 10.2. The maximum absolute atomic E-state index is 8.71. The highest BCUT2D eigenvalue weighted by molar-refractivity contribution is 5.82. The highest BCUT2D eigenvalue weighted by Gasteiger charge is 2.07. The van der Waals surface area contributed by atoms with Crippen LogP contribution in [0.15, 0.2) is 40.3 Å². The van der Waals surface area contributed by atoms with Crippen LogP contribution in [0.25, 0.3) is 16.7 Å². The zero-order chi connectivity index (χ0) is 10.8. The molecule has 0 radical (unpaired) electrons. The number of para-hydroxylation sites is 1. The summed E-state index contributed by atoms with van der Waals surface area (Å²) in [7, 11) is 0. The summed E-state index contributed by atoms with van der Waals surface area (Å²) in [6.45, 7) is 1.67. The first kappa shape index (κ1) is 9.35.